The first-order valence-corrected chi connectivity index (χ1v) is 6.82. The van der Waals surface area contributed by atoms with Gasteiger partial charge in [-0.1, -0.05) is 41.0 Å². The van der Waals surface area contributed by atoms with Gasteiger partial charge in [0.1, 0.15) is 0 Å². The van der Waals surface area contributed by atoms with Crippen molar-refractivity contribution in [2.45, 2.75) is 66.4 Å². The van der Waals surface area contributed by atoms with E-state index in [1.807, 2.05) is 0 Å². The van der Waals surface area contributed by atoms with Gasteiger partial charge in [0.25, 0.3) is 0 Å². The molecule has 1 N–H and O–H groups in total. The topological polar surface area (TPSA) is 21.3 Å². The number of nitrogens with one attached hydrogen (secondary N) is 1. The Bertz CT molecular complexity index is 151. The van der Waals surface area contributed by atoms with Gasteiger partial charge in [-0.3, -0.25) is 0 Å². The zero-order valence-electron chi connectivity index (χ0n) is 11.9. The fraction of sp³-hybridized carbons (Fsp3) is 1.00. The van der Waals surface area contributed by atoms with Crippen molar-refractivity contribution in [2.24, 2.45) is 5.41 Å². The van der Waals surface area contributed by atoms with Crippen molar-refractivity contribution in [3.05, 3.63) is 0 Å². The van der Waals surface area contributed by atoms with Gasteiger partial charge in [-0.05, 0) is 31.2 Å². The summed E-state index contributed by atoms with van der Waals surface area (Å²) in [5.41, 5.74) is 0.383. The predicted octanol–water partition coefficient (Wildman–Crippen LogP) is 3.61. The smallest absolute Gasteiger partial charge is 0.0699 e. The second kappa shape index (κ2) is 9.00. The van der Waals surface area contributed by atoms with Crippen LogP contribution in [0.2, 0.25) is 0 Å². The van der Waals surface area contributed by atoms with Gasteiger partial charge in [0.05, 0.1) is 6.10 Å². The minimum Gasteiger partial charge on any atom is -0.377 e. The third kappa shape index (κ3) is 10.4. The fourth-order valence-electron chi connectivity index (χ4n) is 1.54. The fourth-order valence-corrected chi connectivity index (χ4v) is 1.54. The van der Waals surface area contributed by atoms with Gasteiger partial charge in [0.15, 0.2) is 0 Å². The molecule has 98 valence electrons. The molecule has 0 saturated carbocycles. The van der Waals surface area contributed by atoms with Gasteiger partial charge in [-0.15, -0.1) is 0 Å². The Balaban J connectivity index is 3.67. The molecule has 0 aromatic carbocycles. The summed E-state index contributed by atoms with van der Waals surface area (Å²) in [6.07, 6.45) is 5.11. The van der Waals surface area contributed by atoms with E-state index in [0.717, 1.165) is 26.1 Å². The van der Waals surface area contributed by atoms with Gasteiger partial charge in [0.2, 0.25) is 0 Å². The Morgan fingerprint density at radius 2 is 1.81 bits per heavy atom. The molecule has 0 radical (unpaired) electrons. The summed E-state index contributed by atoms with van der Waals surface area (Å²) in [6.45, 7) is 14.2. The van der Waals surface area contributed by atoms with Crippen LogP contribution in [0.5, 0.6) is 0 Å². The van der Waals surface area contributed by atoms with E-state index in [1.165, 1.54) is 19.3 Å². The van der Waals surface area contributed by atoms with Crippen LogP contribution in [-0.2, 0) is 4.74 Å². The molecule has 16 heavy (non-hydrogen) atoms. The van der Waals surface area contributed by atoms with Crippen molar-refractivity contribution in [2.75, 3.05) is 19.7 Å². The highest BCUT2D eigenvalue weighted by Crippen LogP contribution is 2.18. The van der Waals surface area contributed by atoms with Crippen molar-refractivity contribution in [1.82, 2.24) is 5.32 Å². The molecule has 0 spiro atoms. The summed E-state index contributed by atoms with van der Waals surface area (Å²) >= 11 is 0. The van der Waals surface area contributed by atoms with Crippen molar-refractivity contribution >= 4 is 0 Å². The molecule has 0 aliphatic rings. The first-order chi connectivity index (χ1) is 7.49. The van der Waals surface area contributed by atoms with E-state index in [4.69, 9.17) is 4.74 Å². The number of ether oxygens (including phenoxy) is 1. The van der Waals surface area contributed by atoms with E-state index in [0.29, 0.717) is 11.5 Å². The van der Waals surface area contributed by atoms with Crippen molar-refractivity contribution in [3.63, 3.8) is 0 Å². The predicted molar refractivity (Wildman–Crippen MR) is 71.9 cm³/mol. The van der Waals surface area contributed by atoms with Crippen LogP contribution < -0.4 is 5.32 Å². The molecule has 0 aromatic rings. The Morgan fingerprint density at radius 3 is 2.31 bits per heavy atom. The van der Waals surface area contributed by atoms with Crippen LogP contribution in [0.3, 0.4) is 0 Å². The van der Waals surface area contributed by atoms with Crippen LogP contribution in [0.15, 0.2) is 0 Å². The van der Waals surface area contributed by atoms with Crippen LogP contribution in [-0.4, -0.2) is 25.8 Å². The van der Waals surface area contributed by atoms with Crippen LogP contribution in [0.25, 0.3) is 0 Å². The zero-order chi connectivity index (χ0) is 12.4. The molecule has 0 saturated heterocycles. The first kappa shape index (κ1) is 15.9. The van der Waals surface area contributed by atoms with Gasteiger partial charge in [-0.2, -0.15) is 0 Å². The van der Waals surface area contributed by atoms with Crippen LogP contribution in [0, 0.1) is 5.41 Å². The third-order valence-corrected chi connectivity index (χ3v) is 2.62. The average Bonchev–Trinajstić information content (AvgIpc) is 2.16. The lowest BCUT2D eigenvalue weighted by molar-refractivity contribution is 0.0326. The van der Waals surface area contributed by atoms with Gasteiger partial charge in [-0.25, -0.2) is 0 Å². The van der Waals surface area contributed by atoms with E-state index < -0.39 is 0 Å². The Kier molecular flexibility index (Phi) is 8.96. The highest BCUT2D eigenvalue weighted by atomic mass is 16.5. The molecule has 0 aromatic heterocycles. The summed E-state index contributed by atoms with van der Waals surface area (Å²) < 4.78 is 5.94. The zero-order valence-corrected chi connectivity index (χ0v) is 11.9. The van der Waals surface area contributed by atoms with Crippen LogP contribution in [0.4, 0.5) is 0 Å². The molecule has 0 rings (SSSR count). The highest BCUT2D eigenvalue weighted by Gasteiger charge is 2.12. The van der Waals surface area contributed by atoms with Crippen LogP contribution in [0.1, 0.15) is 60.3 Å². The minimum atomic E-state index is 0.383. The Labute approximate surface area is 102 Å². The molecule has 0 amide bonds. The molecule has 0 heterocycles. The normalized spacial score (nSPS) is 14.1. The largest absolute Gasteiger partial charge is 0.377 e. The van der Waals surface area contributed by atoms with E-state index in [2.05, 4.69) is 39.9 Å². The highest BCUT2D eigenvalue weighted by molar-refractivity contribution is 4.64. The molecule has 1 unspecified atom stereocenters. The third-order valence-electron chi connectivity index (χ3n) is 2.62. The van der Waals surface area contributed by atoms with Crippen LogP contribution >= 0.6 is 0 Å². The summed E-state index contributed by atoms with van der Waals surface area (Å²) in [7, 11) is 0. The lowest BCUT2D eigenvalue weighted by Gasteiger charge is -2.22. The second-order valence-electron chi connectivity index (χ2n) is 5.80. The van der Waals surface area contributed by atoms with E-state index in [9.17, 15) is 0 Å². The van der Waals surface area contributed by atoms with E-state index in [1.54, 1.807) is 0 Å². The summed E-state index contributed by atoms with van der Waals surface area (Å²) in [5, 5.41) is 3.44. The average molecular weight is 229 g/mol. The second-order valence-corrected chi connectivity index (χ2v) is 5.80. The first-order valence-electron chi connectivity index (χ1n) is 6.82. The molecule has 1 atom stereocenters. The Hall–Kier alpha value is -0.0800. The standard InChI is InChI=1S/C14H31NO/c1-6-8-13(12-15-10-7-2)16-11-9-14(3,4)5/h13,15H,6-12H2,1-5H3. The summed E-state index contributed by atoms with van der Waals surface area (Å²) in [5.74, 6) is 0. The van der Waals surface area contributed by atoms with Crippen molar-refractivity contribution < 1.29 is 4.74 Å². The summed E-state index contributed by atoms with van der Waals surface area (Å²) in [6, 6.07) is 0. The summed E-state index contributed by atoms with van der Waals surface area (Å²) in [4.78, 5) is 0. The van der Waals surface area contributed by atoms with E-state index in [-0.39, 0.29) is 0 Å². The maximum absolute atomic E-state index is 5.94. The quantitative estimate of drug-likeness (QED) is 0.610. The minimum absolute atomic E-state index is 0.383. The molecule has 0 fully saturated rings. The lowest BCUT2D eigenvalue weighted by atomic mass is 9.93. The van der Waals surface area contributed by atoms with Gasteiger partial charge in [0, 0.05) is 13.2 Å². The lowest BCUT2D eigenvalue weighted by Crippen LogP contribution is -2.30. The van der Waals surface area contributed by atoms with Crippen molar-refractivity contribution in [1.29, 1.82) is 0 Å². The molecular formula is C14H31NO. The maximum Gasteiger partial charge on any atom is 0.0699 e. The molecule has 0 bridgehead atoms. The van der Waals surface area contributed by atoms with E-state index >= 15 is 0 Å². The molecule has 0 aliphatic carbocycles. The number of rotatable bonds is 9. The van der Waals surface area contributed by atoms with Gasteiger partial charge >= 0.3 is 0 Å². The van der Waals surface area contributed by atoms with Gasteiger partial charge < -0.3 is 10.1 Å². The molecule has 0 aliphatic heterocycles. The Morgan fingerprint density at radius 1 is 1.12 bits per heavy atom. The molecule has 2 nitrogen and oxygen atoms in total. The SMILES string of the molecule is CCCNCC(CCC)OCCC(C)(C)C. The molecular weight excluding hydrogens is 198 g/mol. The maximum atomic E-state index is 5.94. The molecule has 2 heteroatoms. The monoisotopic (exact) mass is 229 g/mol. The number of hydrogen-bond donors (Lipinski definition) is 1. The van der Waals surface area contributed by atoms with Crippen molar-refractivity contribution in [3.8, 4) is 0 Å². The number of hydrogen-bond acceptors (Lipinski definition) is 2.